The Balaban J connectivity index is 1.74. The number of aryl methyl sites for hydroxylation is 2. The number of aromatic nitrogens is 2. The van der Waals surface area contributed by atoms with Gasteiger partial charge in [0.2, 0.25) is 0 Å². The van der Waals surface area contributed by atoms with Crippen LogP contribution in [0.5, 0.6) is 0 Å². The summed E-state index contributed by atoms with van der Waals surface area (Å²) in [6.07, 6.45) is 6.15. The molecule has 2 aliphatic rings. The third kappa shape index (κ3) is 2.79. The van der Waals surface area contributed by atoms with Gasteiger partial charge in [-0.2, -0.15) is 5.10 Å². The molecule has 2 saturated heterocycles. The quantitative estimate of drug-likeness (QED) is 0.637. The van der Waals surface area contributed by atoms with Crippen LogP contribution in [-0.4, -0.2) is 39.9 Å². The third-order valence-corrected chi connectivity index (χ3v) is 6.62. The number of halogens is 1. The zero-order valence-electron chi connectivity index (χ0n) is 13.1. The number of hydrogen-bond donors (Lipinski definition) is 2. The van der Waals surface area contributed by atoms with Gasteiger partial charge in [-0.05, 0) is 61.5 Å². The van der Waals surface area contributed by atoms with E-state index in [0.717, 1.165) is 28.7 Å². The van der Waals surface area contributed by atoms with Crippen LogP contribution in [0.2, 0.25) is 0 Å². The van der Waals surface area contributed by atoms with E-state index in [9.17, 15) is 0 Å². The lowest BCUT2D eigenvalue weighted by atomic mass is 9.83. The second kappa shape index (κ2) is 5.99. The Morgan fingerprint density at radius 3 is 2.43 bits per heavy atom. The van der Waals surface area contributed by atoms with Gasteiger partial charge < -0.3 is 4.90 Å². The average molecular weight is 356 g/mol. The van der Waals surface area contributed by atoms with Crippen LogP contribution in [0.25, 0.3) is 0 Å². The maximum atomic E-state index is 5.90. The second-order valence-electron chi connectivity index (χ2n) is 6.73. The highest BCUT2D eigenvalue weighted by atomic mass is 79.9. The number of nitrogens with one attached hydrogen (secondary N) is 1. The van der Waals surface area contributed by atoms with Gasteiger partial charge in [0.15, 0.2) is 0 Å². The van der Waals surface area contributed by atoms with Gasteiger partial charge in [-0.25, -0.2) is 0 Å². The van der Waals surface area contributed by atoms with Gasteiger partial charge in [-0.15, -0.1) is 0 Å². The van der Waals surface area contributed by atoms with E-state index < -0.39 is 0 Å². The molecule has 0 amide bonds. The first kappa shape index (κ1) is 15.5. The Morgan fingerprint density at radius 2 is 1.95 bits per heavy atom. The van der Waals surface area contributed by atoms with Crippen molar-refractivity contribution in [3.05, 3.63) is 15.9 Å². The first-order valence-corrected chi connectivity index (χ1v) is 8.66. The fraction of sp³-hybridized carbons (Fsp3) is 0.800. The van der Waals surface area contributed by atoms with Gasteiger partial charge in [-0.1, -0.05) is 0 Å². The molecule has 2 bridgehead atoms. The van der Waals surface area contributed by atoms with Gasteiger partial charge >= 0.3 is 0 Å². The second-order valence-corrected chi connectivity index (χ2v) is 7.52. The first-order chi connectivity index (χ1) is 10.0. The highest BCUT2D eigenvalue weighted by molar-refractivity contribution is 9.10. The SMILES string of the molecule is Cc1nn(C)c(CC(NN)C2CC3CCC(C2)N3C)c1Br. The van der Waals surface area contributed by atoms with Crippen molar-refractivity contribution < 1.29 is 0 Å². The Morgan fingerprint density at radius 1 is 1.33 bits per heavy atom. The number of rotatable bonds is 4. The molecule has 1 aromatic rings. The van der Waals surface area contributed by atoms with Gasteiger partial charge in [-0.3, -0.25) is 16.0 Å². The molecule has 3 unspecified atom stereocenters. The molecule has 3 heterocycles. The average Bonchev–Trinajstić information content (AvgIpc) is 2.82. The van der Waals surface area contributed by atoms with Crippen LogP contribution in [-0.2, 0) is 13.5 Å². The minimum absolute atomic E-state index is 0.327. The van der Waals surface area contributed by atoms with Crippen LogP contribution < -0.4 is 11.3 Å². The number of fused-ring (bicyclic) bond motifs is 2. The number of nitrogens with zero attached hydrogens (tertiary/aromatic N) is 3. The summed E-state index contributed by atoms with van der Waals surface area (Å²) in [5.74, 6) is 6.55. The maximum absolute atomic E-state index is 5.90. The van der Waals surface area contributed by atoms with Crippen molar-refractivity contribution in [1.29, 1.82) is 0 Å². The van der Waals surface area contributed by atoms with Gasteiger partial charge in [0.05, 0.1) is 15.9 Å². The van der Waals surface area contributed by atoms with Crippen molar-refractivity contribution in [2.75, 3.05) is 7.05 Å². The molecule has 3 N–H and O–H groups in total. The standard InChI is InChI=1S/C15H26BrN5/c1-9-15(16)14(21(3)19-9)8-13(18-17)10-6-11-4-5-12(7-10)20(11)2/h10-13,18H,4-8,17H2,1-3H3. The Bertz CT molecular complexity index is 500. The Labute approximate surface area is 135 Å². The van der Waals surface area contributed by atoms with Crippen molar-refractivity contribution in [1.82, 2.24) is 20.1 Å². The molecular formula is C15H26BrN5. The lowest BCUT2D eigenvalue weighted by Crippen LogP contribution is -2.50. The third-order valence-electron chi connectivity index (χ3n) is 5.59. The Hall–Kier alpha value is -0.430. The molecular weight excluding hydrogens is 330 g/mol. The summed E-state index contributed by atoms with van der Waals surface area (Å²) in [6, 6.07) is 1.83. The van der Waals surface area contributed by atoms with Gasteiger partial charge in [0, 0.05) is 31.6 Å². The van der Waals surface area contributed by atoms with E-state index in [-0.39, 0.29) is 0 Å². The summed E-state index contributed by atoms with van der Waals surface area (Å²) in [5.41, 5.74) is 5.37. The van der Waals surface area contributed by atoms with Crippen LogP contribution in [0.15, 0.2) is 4.47 Å². The van der Waals surface area contributed by atoms with Crippen LogP contribution >= 0.6 is 15.9 Å². The Kier molecular flexibility index (Phi) is 4.41. The predicted octanol–water partition coefficient (Wildman–Crippen LogP) is 1.74. The summed E-state index contributed by atoms with van der Waals surface area (Å²) in [7, 11) is 4.30. The summed E-state index contributed by atoms with van der Waals surface area (Å²) in [6.45, 7) is 2.04. The summed E-state index contributed by atoms with van der Waals surface area (Å²) in [5, 5.41) is 4.49. The van der Waals surface area contributed by atoms with E-state index in [0.29, 0.717) is 12.0 Å². The molecule has 3 atom stereocenters. The topological polar surface area (TPSA) is 59.1 Å². The summed E-state index contributed by atoms with van der Waals surface area (Å²) in [4.78, 5) is 2.58. The minimum Gasteiger partial charge on any atom is -0.300 e. The van der Waals surface area contributed by atoms with Crippen molar-refractivity contribution in [3.8, 4) is 0 Å². The highest BCUT2D eigenvalue weighted by Gasteiger charge is 2.41. The molecule has 21 heavy (non-hydrogen) atoms. The molecule has 3 rings (SSSR count). The van der Waals surface area contributed by atoms with Crippen molar-refractivity contribution in [2.24, 2.45) is 18.8 Å². The van der Waals surface area contributed by atoms with E-state index >= 15 is 0 Å². The predicted molar refractivity (Wildman–Crippen MR) is 87.8 cm³/mol. The number of nitrogens with two attached hydrogens (primary N) is 1. The van der Waals surface area contributed by atoms with Crippen molar-refractivity contribution in [3.63, 3.8) is 0 Å². The molecule has 2 fully saturated rings. The van der Waals surface area contributed by atoms with E-state index in [1.54, 1.807) is 0 Å². The normalized spacial score (nSPS) is 30.8. The van der Waals surface area contributed by atoms with Crippen LogP contribution in [0.1, 0.15) is 37.1 Å². The number of hydrazine groups is 1. The largest absolute Gasteiger partial charge is 0.300 e. The molecule has 2 aliphatic heterocycles. The zero-order valence-corrected chi connectivity index (χ0v) is 14.7. The maximum Gasteiger partial charge on any atom is 0.0738 e. The van der Waals surface area contributed by atoms with E-state index in [1.165, 1.54) is 31.4 Å². The zero-order chi connectivity index (χ0) is 15.1. The molecule has 5 nitrogen and oxygen atoms in total. The van der Waals surface area contributed by atoms with Gasteiger partial charge in [0.25, 0.3) is 0 Å². The molecule has 6 heteroatoms. The van der Waals surface area contributed by atoms with Crippen LogP contribution in [0.3, 0.4) is 0 Å². The fourth-order valence-corrected chi connectivity index (χ4v) is 4.75. The summed E-state index contributed by atoms with van der Waals surface area (Å²) < 4.78 is 3.11. The van der Waals surface area contributed by atoms with E-state index in [2.05, 4.69) is 38.4 Å². The molecule has 0 saturated carbocycles. The molecule has 0 aromatic carbocycles. The number of piperidine rings is 1. The first-order valence-electron chi connectivity index (χ1n) is 7.87. The molecule has 0 spiro atoms. The van der Waals surface area contributed by atoms with Crippen molar-refractivity contribution in [2.45, 2.75) is 57.2 Å². The monoisotopic (exact) mass is 355 g/mol. The molecule has 118 valence electrons. The van der Waals surface area contributed by atoms with Crippen molar-refractivity contribution >= 4 is 15.9 Å². The number of hydrogen-bond acceptors (Lipinski definition) is 4. The molecule has 1 aromatic heterocycles. The molecule has 0 radical (unpaired) electrons. The van der Waals surface area contributed by atoms with E-state index in [4.69, 9.17) is 5.84 Å². The smallest absolute Gasteiger partial charge is 0.0738 e. The lowest BCUT2D eigenvalue weighted by molar-refractivity contribution is 0.112. The highest BCUT2D eigenvalue weighted by Crippen LogP contribution is 2.39. The summed E-state index contributed by atoms with van der Waals surface area (Å²) >= 11 is 3.67. The lowest BCUT2D eigenvalue weighted by Gasteiger charge is -2.39. The van der Waals surface area contributed by atoms with Crippen LogP contribution in [0.4, 0.5) is 0 Å². The van der Waals surface area contributed by atoms with E-state index in [1.807, 2.05) is 18.7 Å². The minimum atomic E-state index is 0.327. The van der Waals surface area contributed by atoms with Gasteiger partial charge in [0.1, 0.15) is 0 Å². The molecule has 0 aliphatic carbocycles. The fourth-order valence-electron chi connectivity index (χ4n) is 4.25. The van der Waals surface area contributed by atoms with Crippen LogP contribution in [0, 0.1) is 12.8 Å².